The van der Waals surface area contributed by atoms with Crippen LogP contribution in [0.15, 0.2) is 35.1 Å². The second kappa shape index (κ2) is 7.48. The van der Waals surface area contributed by atoms with Gasteiger partial charge in [0.15, 0.2) is 0 Å². The molecule has 2 heterocycles. The number of piperazine rings is 1. The monoisotopic (exact) mass is 342 g/mol. The maximum Gasteiger partial charge on any atom is 0.274 e. The first-order valence-electron chi connectivity index (χ1n) is 8.27. The minimum atomic E-state index is -0.312. The van der Waals surface area contributed by atoms with Crippen LogP contribution in [0.2, 0.25) is 0 Å². The van der Waals surface area contributed by atoms with Gasteiger partial charge in [0.1, 0.15) is 11.4 Å². The smallest absolute Gasteiger partial charge is 0.274 e. The zero-order valence-corrected chi connectivity index (χ0v) is 14.5. The number of aromatic nitrogens is 2. The number of H-pyrrole nitrogens is 1. The van der Waals surface area contributed by atoms with Crippen molar-refractivity contribution in [1.82, 2.24) is 20.0 Å². The van der Waals surface area contributed by atoms with Gasteiger partial charge in [-0.3, -0.25) is 14.5 Å². The number of rotatable bonds is 4. The molecule has 7 heteroatoms. The molecule has 0 atom stereocenters. The van der Waals surface area contributed by atoms with E-state index in [9.17, 15) is 9.59 Å². The lowest BCUT2D eigenvalue weighted by atomic mass is 10.1. The number of nitrogens with zero attached hydrogens (tertiary/aromatic N) is 3. The van der Waals surface area contributed by atoms with Crippen molar-refractivity contribution in [3.05, 3.63) is 57.5 Å². The van der Waals surface area contributed by atoms with Crippen molar-refractivity contribution >= 4 is 5.91 Å². The fraction of sp³-hybridized carbons (Fsp3) is 0.389. The highest BCUT2D eigenvalue weighted by atomic mass is 16.5. The molecule has 1 aromatic carbocycles. The van der Waals surface area contributed by atoms with Crippen molar-refractivity contribution < 1.29 is 9.53 Å². The highest BCUT2D eigenvalue weighted by Crippen LogP contribution is 2.22. The third-order valence-electron chi connectivity index (χ3n) is 4.39. The summed E-state index contributed by atoms with van der Waals surface area (Å²) in [6, 6.07) is 8.95. The largest absolute Gasteiger partial charge is 0.496 e. The van der Waals surface area contributed by atoms with Crippen molar-refractivity contribution in [3.8, 4) is 5.75 Å². The number of aromatic amines is 1. The average molecular weight is 342 g/mol. The van der Waals surface area contributed by atoms with Crippen LogP contribution in [0.5, 0.6) is 5.75 Å². The molecular weight excluding hydrogens is 320 g/mol. The van der Waals surface area contributed by atoms with Crippen molar-refractivity contribution in [2.24, 2.45) is 0 Å². The van der Waals surface area contributed by atoms with Crippen LogP contribution in [-0.2, 0) is 6.54 Å². The van der Waals surface area contributed by atoms with Gasteiger partial charge in [0.2, 0.25) is 0 Å². The topological polar surface area (TPSA) is 78.5 Å². The molecule has 132 valence electrons. The van der Waals surface area contributed by atoms with Gasteiger partial charge < -0.3 is 9.64 Å². The van der Waals surface area contributed by atoms with Crippen LogP contribution in [0.4, 0.5) is 0 Å². The number of hydrogen-bond acceptors (Lipinski definition) is 5. The van der Waals surface area contributed by atoms with Crippen molar-refractivity contribution in [2.45, 2.75) is 13.5 Å². The van der Waals surface area contributed by atoms with Gasteiger partial charge in [-0.15, -0.1) is 0 Å². The van der Waals surface area contributed by atoms with Crippen LogP contribution in [-0.4, -0.2) is 59.2 Å². The van der Waals surface area contributed by atoms with Gasteiger partial charge >= 0.3 is 0 Å². The molecule has 0 unspecified atom stereocenters. The van der Waals surface area contributed by atoms with Crippen LogP contribution in [0, 0.1) is 6.92 Å². The molecule has 0 radical (unpaired) electrons. The summed E-state index contributed by atoms with van der Waals surface area (Å²) >= 11 is 0. The number of methoxy groups -OCH3 is 1. The van der Waals surface area contributed by atoms with Gasteiger partial charge in [0, 0.05) is 44.4 Å². The second-order valence-corrected chi connectivity index (χ2v) is 6.19. The molecule has 2 aromatic rings. The zero-order valence-electron chi connectivity index (χ0n) is 14.5. The summed E-state index contributed by atoms with van der Waals surface area (Å²) in [5, 5.41) is 6.12. The minimum Gasteiger partial charge on any atom is -0.496 e. The second-order valence-electron chi connectivity index (χ2n) is 6.19. The Morgan fingerprint density at radius 2 is 1.96 bits per heavy atom. The SMILES string of the molecule is COc1ccc(C)cc1CN1CCN(C(=O)c2ccc(=O)[nH]n2)CC1. The van der Waals surface area contributed by atoms with E-state index >= 15 is 0 Å². The van der Waals surface area contributed by atoms with E-state index in [1.165, 1.54) is 17.7 Å². The van der Waals surface area contributed by atoms with E-state index < -0.39 is 0 Å². The van der Waals surface area contributed by atoms with E-state index in [1.54, 1.807) is 12.0 Å². The maximum absolute atomic E-state index is 12.4. The van der Waals surface area contributed by atoms with Gasteiger partial charge in [0.05, 0.1) is 7.11 Å². The Morgan fingerprint density at radius 3 is 2.60 bits per heavy atom. The van der Waals surface area contributed by atoms with Gasteiger partial charge in [-0.25, -0.2) is 5.10 Å². The normalized spacial score (nSPS) is 15.2. The molecule has 1 amide bonds. The van der Waals surface area contributed by atoms with E-state index in [4.69, 9.17) is 4.74 Å². The third-order valence-corrected chi connectivity index (χ3v) is 4.39. The van der Waals surface area contributed by atoms with E-state index in [1.807, 2.05) is 12.1 Å². The number of carbonyl (C=O) groups is 1. The molecule has 7 nitrogen and oxygen atoms in total. The molecule has 3 rings (SSSR count). The van der Waals surface area contributed by atoms with E-state index in [0.717, 1.165) is 30.9 Å². The van der Waals surface area contributed by atoms with Crippen molar-refractivity contribution in [3.63, 3.8) is 0 Å². The summed E-state index contributed by atoms with van der Waals surface area (Å²) in [4.78, 5) is 27.6. The summed E-state index contributed by atoms with van der Waals surface area (Å²) in [6.45, 7) is 5.69. The van der Waals surface area contributed by atoms with Crippen LogP contribution in [0.1, 0.15) is 21.6 Å². The number of aryl methyl sites for hydroxylation is 1. The van der Waals surface area contributed by atoms with E-state index in [2.05, 4.69) is 28.1 Å². The van der Waals surface area contributed by atoms with Crippen LogP contribution in [0.3, 0.4) is 0 Å². The summed E-state index contributed by atoms with van der Waals surface area (Å²) in [5.41, 5.74) is 2.32. The van der Waals surface area contributed by atoms with Crippen molar-refractivity contribution in [1.29, 1.82) is 0 Å². The molecule has 25 heavy (non-hydrogen) atoms. The Kier molecular flexibility index (Phi) is 5.14. The fourth-order valence-electron chi connectivity index (χ4n) is 3.01. The lowest BCUT2D eigenvalue weighted by Crippen LogP contribution is -2.48. The number of amides is 1. The third kappa shape index (κ3) is 4.06. The number of ether oxygens (including phenoxy) is 1. The summed E-state index contributed by atoms with van der Waals surface area (Å²) in [5.74, 6) is 0.741. The molecule has 0 saturated carbocycles. The summed E-state index contributed by atoms with van der Waals surface area (Å²) in [7, 11) is 1.68. The molecule has 0 bridgehead atoms. The number of benzene rings is 1. The highest BCUT2D eigenvalue weighted by molar-refractivity contribution is 5.92. The fourth-order valence-corrected chi connectivity index (χ4v) is 3.01. The van der Waals surface area contributed by atoms with Crippen molar-refractivity contribution in [2.75, 3.05) is 33.3 Å². The average Bonchev–Trinajstić information content (AvgIpc) is 2.63. The number of hydrogen-bond donors (Lipinski definition) is 1. The summed E-state index contributed by atoms with van der Waals surface area (Å²) in [6.07, 6.45) is 0. The predicted octanol–water partition coefficient (Wildman–Crippen LogP) is 1.04. The molecule has 0 spiro atoms. The standard InChI is InChI=1S/C18H22N4O3/c1-13-3-5-16(25-2)14(11-13)12-21-7-9-22(10-8-21)18(24)15-4-6-17(23)20-19-15/h3-6,11H,7-10,12H2,1-2H3,(H,20,23). The Bertz CT molecular complexity index is 790. The molecule has 0 aliphatic carbocycles. The first kappa shape index (κ1) is 17.2. The van der Waals surface area contributed by atoms with E-state index in [-0.39, 0.29) is 17.2 Å². The molecule has 1 saturated heterocycles. The van der Waals surface area contributed by atoms with Gasteiger partial charge in [0.25, 0.3) is 11.5 Å². The van der Waals surface area contributed by atoms with Gasteiger partial charge in [-0.1, -0.05) is 17.7 Å². The Balaban J connectivity index is 1.60. The molecule has 1 aromatic heterocycles. The Labute approximate surface area is 146 Å². The van der Waals surface area contributed by atoms with Gasteiger partial charge in [-0.05, 0) is 19.1 Å². The number of carbonyl (C=O) groups excluding carboxylic acids is 1. The molecular formula is C18H22N4O3. The molecule has 1 N–H and O–H groups in total. The minimum absolute atomic E-state index is 0.149. The zero-order chi connectivity index (χ0) is 17.8. The van der Waals surface area contributed by atoms with Gasteiger partial charge in [-0.2, -0.15) is 5.10 Å². The molecule has 1 aliphatic rings. The molecule has 1 aliphatic heterocycles. The quantitative estimate of drug-likeness (QED) is 0.898. The van der Waals surface area contributed by atoms with Crippen LogP contribution in [0.25, 0.3) is 0 Å². The Morgan fingerprint density at radius 1 is 1.20 bits per heavy atom. The van der Waals surface area contributed by atoms with E-state index in [0.29, 0.717) is 13.1 Å². The first-order valence-corrected chi connectivity index (χ1v) is 8.27. The predicted molar refractivity (Wildman–Crippen MR) is 93.8 cm³/mol. The molecule has 1 fully saturated rings. The maximum atomic E-state index is 12.4. The number of nitrogens with one attached hydrogen (secondary N) is 1. The Hall–Kier alpha value is -2.67. The first-order chi connectivity index (χ1) is 12.1. The van der Waals surface area contributed by atoms with Crippen LogP contribution >= 0.6 is 0 Å². The van der Waals surface area contributed by atoms with Crippen LogP contribution < -0.4 is 10.3 Å². The lowest BCUT2D eigenvalue weighted by Gasteiger charge is -2.34. The summed E-state index contributed by atoms with van der Waals surface area (Å²) < 4.78 is 5.44. The highest BCUT2D eigenvalue weighted by Gasteiger charge is 2.23. The lowest BCUT2D eigenvalue weighted by molar-refractivity contribution is 0.0620.